The van der Waals surface area contributed by atoms with E-state index in [1.807, 2.05) is 12.1 Å². The first-order valence-corrected chi connectivity index (χ1v) is 8.65. The quantitative estimate of drug-likeness (QED) is 0.719. The van der Waals surface area contributed by atoms with Crippen LogP contribution in [0.5, 0.6) is 0 Å². The summed E-state index contributed by atoms with van der Waals surface area (Å²) >= 11 is 0. The lowest BCUT2D eigenvalue weighted by Crippen LogP contribution is -2.50. The summed E-state index contributed by atoms with van der Waals surface area (Å²) in [4.78, 5) is 14.4. The number of carbonyl (C=O) groups excluding carboxylic acids is 1. The highest BCUT2D eigenvalue weighted by molar-refractivity contribution is 5.74. The van der Waals surface area contributed by atoms with E-state index in [0.29, 0.717) is 6.54 Å². The van der Waals surface area contributed by atoms with Gasteiger partial charge in [-0.05, 0) is 38.1 Å². The average molecular weight is 323 g/mol. The molecule has 6 nitrogen and oxygen atoms in total. The van der Waals surface area contributed by atoms with Crippen LogP contribution in [-0.4, -0.2) is 47.8 Å². The van der Waals surface area contributed by atoms with E-state index < -0.39 is 6.10 Å². The van der Waals surface area contributed by atoms with Gasteiger partial charge in [0.25, 0.3) is 0 Å². The van der Waals surface area contributed by atoms with E-state index in [4.69, 9.17) is 4.42 Å². The Kier molecular flexibility index (Phi) is 6.92. The molecule has 2 amide bonds. The van der Waals surface area contributed by atoms with Crippen molar-refractivity contribution in [2.24, 2.45) is 0 Å². The van der Waals surface area contributed by atoms with Crippen LogP contribution in [0.2, 0.25) is 0 Å². The molecule has 0 aromatic carbocycles. The molecule has 0 spiro atoms. The van der Waals surface area contributed by atoms with Gasteiger partial charge in [-0.2, -0.15) is 0 Å². The molecule has 0 saturated heterocycles. The molecular formula is C17H29N3O3. The van der Waals surface area contributed by atoms with Gasteiger partial charge >= 0.3 is 6.03 Å². The van der Waals surface area contributed by atoms with E-state index in [0.717, 1.165) is 44.5 Å². The van der Waals surface area contributed by atoms with Gasteiger partial charge in [-0.15, -0.1) is 0 Å². The molecule has 0 bridgehead atoms. The van der Waals surface area contributed by atoms with Crippen molar-refractivity contribution in [3.63, 3.8) is 0 Å². The highest BCUT2D eigenvalue weighted by Gasteiger charge is 2.25. The van der Waals surface area contributed by atoms with Gasteiger partial charge in [0.2, 0.25) is 0 Å². The van der Waals surface area contributed by atoms with Gasteiger partial charge < -0.3 is 20.2 Å². The number of carbonyl (C=O) groups is 1. The molecule has 2 rings (SSSR count). The lowest BCUT2D eigenvalue weighted by molar-refractivity contribution is 0.0939. The zero-order valence-electron chi connectivity index (χ0n) is 14.1. The predicted molar refractivity (Wildman–Crippen MR) is 89.2 cm³/mol. The summed E-state index contributed by atoms with van der Waals surface area (Å²) in [7, 11) is 0. The van der Waals surface area contributed by atoms with Crippen LogP contribution < -0.4 is 10.6 Å². The van der Waals surface area contributed by atoms with E-state index in [2.05, 4.69) is 29.4 Å². The Morgan fingerprint density at radius 3 is 2.74 bits per heavy atom. The minimum Gasteiger partial charge on any atom is -0.468 e. The van der Waals surface area contributed by atoms with Crippen molar-refractivity contribution in [1.82, 2.24) is 15.5 Å². The summed E-state index contributed by atoms with van der Waals surface area (Å²) in [5, 5.41) is 15.8. The van der Waals surface area contributed by atoms with Crippen LogP contribution in [0.25, 0.3) is 0 Å². The van der Waals surface area contributed by atoms with E-state index in [-0.39, 0.29) is 18.1 Å². The molecule has 3 unspecified atom stereocenters. The highest BCUT2D eigenvalue weighted by Crippen LogP contribution is 2.20. The topological polar surface area (TPSA) is 77.7 Å². The first-order valence-electron chi connectivity index (χ1n) is 8.65. The normalized spacial score (nSPS) is 22.8. The fourth-order valence-corrected chi connectivity index (χ4v) is 3.24. The molecule has 23 heavy (non-hydrogen) atoms. The molecule has 1 aliphatic carbocycles. The molecular weight excluding hydrogens is 294 g/mol. The number of urea groups is 1. The van der Waals surface area contributed by atoms with Crippen LogP contribution in [0.15, 0.2) is 22.8 Å². The molecule has 3 N–H and O–H groups in total. The first kappa shape index (κ1) is 17.8. The summed E-state index contributed by atoms with van der Waals surface area (Å²) in [5.74, 6) is 0.853. The Labute approximate surface area is 138 Å². The van der Waals surface area contributed by atoms with Gasteiger partial charge in [0.15, 0.2) is 0 Å². The smallest absolute Gasteiger partial charge is 0.315 e. The van der Waals surface area contributed by atoms with E-state index in [1.165, 1.54) is 0 Å². The summed E-state index contributed by atoms with van der Waals surface area (Å²) in [6, 6.07) is 3.46. The summed E-state index contributed by atoms with van der Waals surface area (Å²) < 4.78 is 5.53. The fraction of sp³-hybridized carbons (Fsp3) is 0.706. The Bertz CT molecular complexity index is 460. The van der Waals surface area contributed by atoms with Gasteiger partial charge in [0.05, 0.1) is 24.5 Å². The van der Waals surface area contributed by atoms with Crippen LogP contribution in [0.3, 0.4) is 0 Å². The standard InChI is InChI=1S/C17H29N3O3/c1-3-20(4-2)14(16-10-7-11-23-16)12-18-17(22)19-13-8-5-6-9-15(13)21/h7,10-11,13-15,21H,3-6,8-9,12H2,1-2H3,(H2,18,19,22). The lowest BCUT2D eigenvalue weighted by atomic mass is 9.93. The molecule has 0 aliphatic heterocycles. The number of aliphatic hydroxyl groups is 1. The molecule has 1 aromatic heterocycles. The van der Waals surface area contributed by atoms with E-state index >= 15 is 0 Å². The van der Waals surface area contributed by atoms with Crippen LogP contribution >= 0.6 is 0 Å². The van der Waals surface area contributed by atoms with Gasteiger partial charge in [-0.25, -0.2) is 4.79 Å². The predicted octanol–water partition coefficient (Wildman–Crippen LogP) is 2.27. The fourth-order valence-electron chi connectivity index (χ4n) is 3.24. The molecule has 3 atom stereocenters. The molecule has 130 valence electrons. The van der Waals surface area contributed by atoms with Crippen molar-refractivity contribution in [2.45, 2.75) is 57.7 Å². The van der Waals surface area contributed by atoms with Crippen LogP contribution in [0, 0.1) is 0 Å². The van der Waals surface area contributed by atoms with E-state index in [9.17, 15) is 9.90 Å². The third kappa shape index (κ3) is 4.97. The van der Waals surface area contributed by atoms with Crippen molar-refractivity contribution >= 4 is 6.03 Å². The number of aliphatic hydroxyl groups excluding tert-OH is 1. The largest absolute Gasteiger partial charge is 0.468 e. The highest BCUT2D eigenvalue weighted by atomic mass is 16.3. The molecule has 1 aromatic rings. The minimum absolute atomic E-state index is 0.0158. The number of furan rings is 1. The maximum Gasteiger partial charge on any atom is 0.315 e. The molecule has 1 fully saturated rings. The second-order valence-electron chi connectivity index (χ2n) is 6.07. The number of hydrogen-bond donors (Lipinski definition) is 3. The van der Waals surface area contributed by atoms with E-state index in [1.54, 1.807) is 6.26 Å². The first-order chi connectivity index (χ1) is 11.2. The van der Waals surface area contributed by atoms with Crippen LogP contribution in [0.4, 0.5) is 4.79 Å². The number of nitrogens with zero attached hydrogens (tertiary/aromatic N) is 1. The summed E-state index contributed by atoms with van der Waals surface area (Å²) in [6.45, 7) is 6.43. The number of rotatable bonds is 7. The van der Waals surface area contributed by atoms with Crippen molar-refractivity contribution in [2.75, 3.05) is 19.6 Å². The Hall–Kier alpha value is -1.53. The maximum absolute atomic E-state index is 12.1. The second kappa shape index (κ2) is 8.93. The zero-order chi connectivity index (χ0) is 16.7. The van der Waals surface area contributed by atoms with Crippen LogP contribution in [0.1, 0.15) is 51.3 Å². The monoisotopic (exact) mass is 323 g/mol. The van der Waals surface area contributed by atoms with Crippen LogP contribution in [-0.2, 0) is 0 Å². The van der Waals surface area contributed by atoms with Crippen molar-refractivity contribution in [1.29, 1.82) is 0 Å². The molecule has 0 radical (unpaired) electrons. The van der Waals surface area contributed by atoms with Gasteiger partial charge in [-0.3, -0.25) is 4.90 Å². The second-order valence-corrected chi connectivity index (χ2v) is 6.07. The molecule has 1 aliphatic rings. The van der Waals surface area contributed by atoms with Crippen molar-refractivity contribution in [3.05, 3.63) is 24.2 Å². The summed E-state index contributed by atoms with van der Waals surface area (Å²) in [6.07, 6.45) is 4.91. The van der Waals surface area contributed by atoms with Crippen molar-refractivity contribution < 1.29 is 14.3 Å². The Morgan fingerprint density at radius 2 is 2.13 bits per heavy atom. The third-order valence-corrected chi connectivity index (χ3v) is 4.63. The lowest BCUT2D eigenvalue weighted by Gasteiger charge is -2.30. The van der Waals surface area contributed by atoms with Gasteiger partial charge in [0.1, 0.15) is 5.76 Å². The van der Waals surface area contributed by atoms with Crippen molar-refractivity contribution in [3.8, 4) is 0 Å². The number of hydrogen-bond acceptors (Lipinski definition) is 4. The Balaban J connectivity index is 1.88. The number of likely N-dealkylation sites (N-methyl/N-ethyl adjacent to an activating group) is 1. The maximum atomic E-state index is 12.1. The molecule has 1 saturated carbocycles. The Morgan fingerprint density at radius 1 is 1.39 bits per heavy atom. The average Bonchev–Trinajstić information content (AvgIpc) is 3.08. The molecule has 6 heteroatoms. The zero-order valence-corrected chi connectivity index (χ0v) is 14.1. The number of nitrogens with one attached hydrogen (secondary N) is 2. The minimum atomic E-state index is -0.432. The third-order valence-electron chi connectivity index (χ3n) is 4.63. The van der Waals surface area contributed by atoms with Gasteiger partial charge in [-0.1, -0.05) is 26.7 Å². The number of amides is 2. The SMILES string of the molecule is CCN(CC)C(CNC(=O)NC1CCCCC1O)c1ccco1. The van der Waals surface area contributed by atoms with Gasteiger partial charge in [0, 0.05) is 6.54 Å². The molecule has 1 heterocycles. The summed E-state index contributed by atoms with van der Waals surface area (Å²) in [5.41, 5.74) is 0.